The molecule has 2 fully saturated rings. The number of carbonyl (C=O) groups excluding carboxylic acids is 1. The van der Waals surface area contributed by atoms with E-state index in [0.717, 1.165) is 11.8 Å². The highest BCUT2D eigenvalue weighted by molar-refractivity contribution is 8.27. The molecule has 32 heavy (non-hydrogen) atoms. The van der Waals surface area contributed by atoms with Gasteiger partial charge >= 0.3 is 0 Å². The molecule has 4 rings (SSSR count). The number of nitro groups is 2. The fourth-order valence-electron chi connectivity index (χ4n) is 3.41. The summed E-state index contributed by atoms with van der Waals surface area (Å²) in [6, 6.07) is 10.3. The molecule has 0 unspecified atom stereocenters. The van der Waals surface area contributed by atoms with Crippen molar-refractivity contribution in [2.24, 2.45) is 0 Å². The van der Waals surface area contributed by atoms with Crippen molar-refractivity contribution in [1.29, 1.82) is 0 Å². The van der Waals surface area contributed by atoms with Crippen molar-refractivity contribution >= 4 is 63.0 Å². The molecule has 0 aromatic heterocycles. The number of non-ortho nitro benzene ring substituents is 1. The quantitative estimate of drug-likeness (QED) is 0.277. The SMILES string of the molecule is O=C1/C(=C\c2ccc(N3CCOCC3)c([N+](=O)[O-])c2)SC(=S)N1c1ccc([N+](=O)[O-])cc1. The number of amides is 1. The fourth-order valence-corrected chi connectivity index (χ4v) is 4.71. The van der Waals surface area contributed by atoms with E-state index < -0.39 is 15.8 Å². The van der Waals surface area contributed by atoms with E-state index >= 15 is 0 Å². The zero-order chi connectivity index (χ0) is 22.8. The minimum absolute atomic E-state index is 0.0495. The van der Waals surface area contributed by atoms with Gasteiger partial charge in [-0.2, -0.15) is 0 Å². The van der Waals surface area contributed by atoms with Crippen molar-refractivity contribution < 1.29 is 19.4 Å². The van der Waals surface area contributed by atoms with E-state index in [2.05, 4.69) is 0 Å². The highest BCUT2D eigenvalue weighted by Gasteiger charge is 2.33. The predicted octanol–water partition coefficient (Wildman–Crippen LogP) is 3.75. The summed E-state index contributed by atoms with van der Waals surface area (Å²) in [6.07, 6.45) is 1.56. The Morgan fingerprint density at radius 3 is 2.34 bits per heavy atom. The minimum Gasteiger partial charge on any atom is -0.378 e. The molecule has 2 aromatic rings. The number of ether oxygens (including phenoxy) is 1. The van der Waals surface area contributed by atoms with Gasteiger partial charge in [0.1, 0.15) is 5.69 Å². The largest absolute Gasteiger partial charge is 0.378 e. The minimum atomic E-state index is -0.526. The Hall–Kier alpha value is -3.35. The molecule has 2 saturated heterocycles. The number of rotatable bonds is 5. The Labute approximate surface area is 191 Å². The molecule has 2 heterocycles. The van der Waals surface area contributed by atoms with Crippen molar-refractivity contribution in [3.63, 3.8) is 0 Å². The van der Waals surface area contributed by atoms with E-state index in [-0.39, 0.29) is 15.7 Å². The van der Waals surface area contributed by atoms with Gasteiger partial charge in [0.05, 0.1) is 33.7 Å². The lowest BCUT2D eigenvalue weighted by atomic mass is 10.1. The zero-order valence-electron chi connectivity index (χ0n) is 16.5. The molecule has 0 spiro atoms. The van der Waals surface area contributed by atoms with E-state index in [9.17, 15) is 25.0 Å². The smallest absolute Gasteiger partial charge is 0.293 e. The van der Waals surface area contributed by atoms with E-state index in [1.165, 1.54) is 35.2 Å². The van der Waals surface area contributed by atoms with Crippen LogP contribution >= 0.6 is 24.0 Å². The third kappa shape index (κ3) is 4.33. The zero-order valence-corrected chi connectivity index (χ0v) is 18.1. The topological polar surface area (TPSA) is 119 Å². The van der Waals surface area contributed by atoms with Crippen LogP contribution in [0.15, 0.2) is 47.4 Å². The van der Waals surface area contributed by atoms with Crippen LogP contribution in [0, 0.1) is 20.2 Å². The number of nitrogens with zero attached hydrogens (tertiary/aromatic N) is 4. The predicted molar refractivity (Wildman–Crippen MR) is 125 cm³/mol. The van der Waals surface area contributed by atoms with Crippen molar-refractivity contribution in [2.45, 2.75) is 0 Å². The maximum atomic E-state index is 12.9. The molecule has 0 bridgehead atoms. The van der Waals surface area contributed by atoms with Crippen LogP contribution in [0.1, 0.15) is 5.56 Å². The van der Waals surface area contributed by atoms with Gasteiger partial charge in [-0.25, -0.2) is 0 Å². The van der Waals surface area contributed by atoms with Gasteiger partial charge in [-0.1, -0.05) is 30.0 Å². The van der Waals surface area contributed by atoms with E-state index in [1.54, 1.807) is 18.2 Å². The molecule has 2 aliphatic heterocycles. The molecular formula is C20H16N4O6S2. The second-order valence-electron chi connectivity index (χ2n) is 6.90. The van der Waals surface area contributed by atoms with Crippen LogP contribution in [0.5, 0.6) is 0 Å². The first-order valence-electron chi connectivity index (χ1n) is 9.48. The van der Waals surface area contributed by atoms with Crippen LogP contribution in [0.4, 0.5) is 22.7 Å². The maximum Gasteiger partial charge on any atom is 0.293 e. The molecule has 0 saturated carbocycles. The molecule has 0 aliphatic carbocycles. The molecule has 0 radical (unpaired) electrons. The summed E-state index contributed by atoms with van der Waals surface area (Å²) < 4.78 is 5.58. The van der Waals surface area contributed by atoms with Gasteiger partial charge in [0.25, 0.3) is 17.3 Å². The third-order valence-electron chi connectivity index (χ3n) is 4.96. The number of nitro benzene ring substituents is 2. The number of thiocarbonyl (C=S) groups is 1. The van der Waals surface area contributed by atoms with Gasteiger partial charge in [-0.3, -0.25) is 29.9 Å². The molecule has 0 N–H and O–H groups in total. The standard InChI is InChI=1S/C20H16N4O6S2/c25-19-18(32-20(31)22(19)14-2-4-15(5-3-14)23(26)27)12-13-1-6-16(17(11-13)24(28)29)21-7-9-30-10-8-21/h1-6,11-12H,7-10H2/b18-12+. The number of benzene rings is 2. The molecule has 1 amide bonds. The van der Waals surface area contributed by atoms with Crippen molar-refractivity contribution in [2.75, 3.05) is 36.1 Å². The van der Waals surface area contributed by atoms with Gasteiger partial charge < -0.3 is 9.64 Å². The average molecular weight is 473 g/mol. The molecule has 2 aliphatic rings. The van der Waals surface area contributed by atoms with Crippen molar-refractivity contribution in [3.8, 4) is 0 Å². The Kier molecular flexibility index (Phi) is 6.17. The van der Waals surface area contributed by atoms with Gasteiger partial charge in [-0.05, 0) is 29.8 Å². The van der Waals surface area contributed by atoms with E-state index in [1.807, 2.05) is 4.90 Å². The lowest BCUT2D eigenvalue weighted by Gasteiger charge is -2.28. The number of anilines is 2. The molecule has 0 atom stereocenters. The molecule has 2 aromatic carbocycles. The lowest BCUT2D eigenvalue weighted by molar-refractivity contribution is -0.384. The normalized spacial score (nSPS) is 17.8. The summed E-state index contributed by atoms with van der Waals surface area (Å²) in [5, 5.41) is 22.5. The summed E-state index contributed by atoms with van der Waals surface area (Å²) in [7, 11) is 0. The number of morpholine rings is 1. The first-order valence-corrected chi connectivity index (χ1v) is 10.7. The van der Waals surface area contributed by atoms with Crippen molar-refractivity contribution in [1.82, 2.24) is 0 Å². The van der Waals surface area contributed by atoms with Crippen LogP contribution in [0.2, 0.25) is 0 Å². The first-order chi connectivity index (χ1) is 15.3. The highest BCUT2D eigenvalue weighted by atomic mass is 32.2. The highest BCUT2D eigenvalue weighted by Crippen LogP contribution is 2.37. The van der Waals surface area contributed by atoms with Crippen LogP contribution < -0.4 is 9.80 Å². The summed E-state index contributed by atoms with van der Waals surface area (Å²) in [4.78, 5) is 38.0. The maximum absolute atomic E-state index is 12.9. The monoisotopic (exact) mass is 472 g/mol. The second kappa shape index (κ2) is 9.02. The Bertz CT molecular complexity index is 1150. The number of carbonyl (C=O) groups is 1. The molecule has 12 heteroatoms. The van der Waals surface area contributed by atoms with E-state index in [0.29, 0.717) is 48.1 Å². The average Bonchev–Trinajstić information content (AvgIpc) is 3.07. The van der Waals surface area contributed by atoms with Gasteiger partial charge in [0.15, 0.2) is 4.32 Å². The molecule has 164 valence electrons. The Morgan fingerprint density at radius 1 is 1.03 bits per heavy atom. The number of hydrogen-bond donors (Lipinski definition) is 0. The summed E-state index contributed by atoms with van der Waals surface area (Å²) in [5.41, 5.74) is 1.27. The Balaban J connectivity index is 1.61. The third-order valence-corrected chi connectivity index (χ3v) is 6.26. The van der Waals surface area contributed by atoms with Gasteiger partial charge in [-0.15, -0.1) is 0 Å². The Morgan fingerprint density at radius 2 is 1.72 bits per heavy atom. The van der Waals surface area contributed by atoms with Gasteiger partial charge in [0.2, 0.25) is 0 Å². The van der Waals surface area contributed by atoms with Crippen molar-refractivity contribution in [3.05, 3.63) is 73.2 Å². The molecular weight excluding hydrogens is 456 g/mol. The number of thioether (sulfide) groups is 1. The van der Waals surface area contributed by atoms with Gasteiger partial charge in [0, 0.05) is 31.3 Å². The second-order valence-corrected chi connectivity index (χ2v) is 8.57. The van der Waals surface area contributed by atoms with E-state index in [4.69, 9.17) is 17.0 Å². The fraction of sp³-hybridized carbons (Fsp3) is 0.200. The lowest BCUT2D eigenvalue weighted by Crippen LogP contribution is -2.36. The summed E-state index contributed by atoms with van der Waals surface area (Å²) in [5.74, 6) is -0.395. The summed E-state index contributed by atoms with van der Waals surface area (Å²) >= 11 is 6.38. The van der Waals surface area contributed by atoms with Crippen LogP contribution in [0.3, 0.4) is 0 Å². The van der Waals surface area contributed by atoms with Crippen LogP contribution in [-0.2, 0) is 9.53 Å². The van der Waals surface area contributed by atoms with Crippen LogP contribution in [-0.4, -0.2) is 46.4 Å². The summed E-state index contributed by atoms with van der Waals surface area (Å²) in [6.45, 7) is 2.14. The van der Waals surface area contributed by atoms with Crippen LogP contribution in [0.25, 0.3) is 6.08 Å². The number of hydrogen-bond acceptors (Lipinski definition) is 9. The molecule has 10 nitrogen and oxygen atoms in total. The first kappa shape index (κ1) is 21.9.